The molecule has 4 atom stereocenters. The molecule has 1 saturated heterocycles. The summed E-state index contributed by atoms with van der Waals surface area (Å²) in [5.74, 6) is 0.605. The average molecular weight is 341 g/mol. The molecule has 1 unspecified atom stereocenters. The van der Waals surface area contributed by atoms with Gasteiger partial charge in [-0.3, -0.25) is 4.57 Å². The first-order chi connectivity index (χ1) is 12.1. The summed E-state index contributed by atoms with van der Waals surface area (Å²) >= 11 is 0. The highest BCUT2D eigenvalue weighted by atomic mass is 16.6. The Hall–Kier alpha value is -2.55. The van der Waals surface area contributed by atoms with Crippen molar-refractivity contribution >= 4 is 17.0 Å². The molecule has 0 radical (unpaired) electrons. The standard InChI is InChI=1S/C17H19N5O3/c1-10-13(23)14(24)17(25-10)22-9-21-12-15(19-8-20-16(12)22)18-7-11-5-3-2-4-6-11/h2-6,8-10,13-14,17,23-24H,7H2,1H3,(H,18,19,20)/t10-,13-,14-,17?/m0/s1. The second-order valence-electron chi connectivity index (χ2n) is 6.10. The highest BCUT2D eigenvalue weighted by molar-refractivity contribution is 5.82. The van der Waals surface area contributed by atoms with E-state index in [1.807, 2.05) is 30.3 Å². The van der Waals surface area contributed by atoms with E-state index in [1.54, 1.807) is 17.8 Å². The van der Waals surface area contributed by atoms with Crippen molar-refractivity contribution in [2.24, 2.45) is 0 Å². The molecule has 1 aliphatic rings. The smallest absolute Gasteiger partial charge is 0.167 e. The molecule has 1 aliphatic heterocycles. The monoisotopic (exact) mass is 341 g/mol. The van der Waals surface area contributed by atoms with Gasteiger partial charge in [-0.1, -0.05) is 30.3 Å². The van der Waals surface area contributed by atoms with E-state index in [1.165, 1.54) is 6.33 Å². The van der Waals surface area contributed by atoms with Gasteiger partial charge < -0.3 is 20.3 Å². The van der Waals surface area contributed by atoms with E-state index in [-0.39, 0.29) is 0 Å². The number of rotatable bonds is 4. The van der Waals surface area contributed by atoms with E-state index < -0.39 is 24.5 Å². The lowest BCUT2D eigenvalue weighted by molar-refractivity contribution is -0.0299. The number of hydrogen-bond acceptors (Lipinski definition) is 7. The topological polar surface area (TPSA) is 105 Å². The van der Waals surface area contributed by atoms with Crippen molar-refractivity contribution in [2.75, 3.05) is 5.32 Å². The van der Waals surface area contributed by atoms with Crippen molar-refractivity contribution in [2.45, 2.75) is 38.0 Å². The predicted molar refractivity (Wildman–Crippen MR) is 90.7 cm³/mol. The van der Waals surface area contributed by atoms with Crippen LogP contribution in [-0.4, -0.2) is 48.0 Å². The largest absolute Gasteiger partial charge is 0.388 e. The van der Waals surface area contributed by atoms with Gasteiger partial charge in [-0.2, -0.15) is 0 Å². The third kappa shape index (κ3) is 2.84. The van der Waals surface area contributed by atoms with Crippen LogP contribution in [0.3, 0.4) is 0 Å². The number of fused-ring (bicyclic) bond motifs is 1. The molecule has 130 valence electrons. The SMILES string of the molecule is C[C@@H]1OC(n2cnc3c(NCc4ccccc4)ncnc32)[C@@H](O)[C@H]1O. The van der Waals surface area contributed by atoms with Crippen molar-refractivity contribution in [3.8, 4) is 0 Å². The fraction of sp³-hybridized carbons (Fsp3) is 0.353. The molecule has 8 heteroatoms. The van der Waals surface area contributed by atoms with Gasteiger partial charge in [0.2, 0.25) is 0 Å². The third-order valence-corrected chi connectivity index (χ3v) is 4.41. The van der Waals surface area contributed by atoms with Crippen molar-refractivity contribution in [1.29, 1.82) is 0 Å². The lowest BCUT2D eigenvalue weighted by atomic mass is 10.1. The van der Waals surface area contributed by atoms with Gasteiger partial charge in [0, 0.05) is 6.54 Å². The fourth-order valence-corrected chi connectivity index (χ4v) is 3.01. The zero-order valence-corrected chi connectivity index (χ0v) is 13.6. The number of hydrogen-bond donors (Lipinski definition) is 3. The number of benzene rings is 1. The molecule has 3 aromatic rings. The molecule has 0 bridgehead atoms. The van der Waals surface area contributed by atoms with Crippen LogP contribution in [0.5, 0.6) is 0 Å². The Morgan fingerprint density at radius 2 is 1.92 bits per heavy atom. The summed E-state index contributed by atoms with van der Waals surface area (Å²) in [6.45, 7) is 2.33. The zero-order valence-electron chi connectivity index (χ0n) is 13.6. The molecule has 0 spiro atoms. The fourth-order valence-electron chi connectivity index (χ4n) is 3.01. The molecule has 3 N–H and O–H groups in total. The van der Waals surface area contributed by atoms with Gasteiger partial charge in [-0.25, -0.2) is 15.0 Å². The first-order valence-electron chi connectivity index (χ1n) is 8.12. The van der Waals surface area contributed by atoms with Gasteiger partial charge in [-0.15, -0.1) is 0 Å². The first kappa shape index (κ1) is 15.9. The maximum atomic E-state index is 10.2. The number of ether oxygens (including phenoxy) is 1. The van der Waals surface area contributed by atoms with E-state index in [9.17, 15) is 10.2 Å². The maximum absolute atomic E-state index is 10.2. The molecule has 8 nitrogen and oxygen atoms in total. The van der Waals surface area contributed by atoms with Crippen molar-refractivity contribution in [1.82, 2.24) is 19.5 Å². The Balaban J connectivity index is 1.62. The molecule has 1 fully saturated rings. The minimum Gasteiger partial charge on any atom is -0.388 e. The number of aromatic nitrogens is 4. The van der Waals surface area contributed by atoms with Crippen LogP contribution in [0.25, 0.3) is 11.2 Å². The molecular formula is C17H19N5O3. The van der Waals surface area contributed by atoms with E-state index in [4.69, 9.17) is 4.74 Å². The summed E-state index contributed by atoms with van der Waals surface area (Å²) in [6.07, 6.45) is -0.189. The summed E-state index contributed by atoms with van der Waals surface area (Å²) in [7, 11) is 0. The molecule has 0 amide bonds. The summed E-state index contributed by atoms with van der Waals surface area (Å²) in [4.78, 5) is 12.9. The minimum absolute atomic E-state index is 0.463. The van der Waals surface area contributed by atoms with Gasteiger partial charge >= 0.3 is 0 Å². The van der Waals surface area contributed by atoms with Crippen LogP contribution in [0.4, 0.5) is 5.82 Å². The molecule has 0 saturated carbocycles. The Morgan fingerprint density at radius 3 is 2.64 bits per heavy atom. The second kappa shape index (κ2) is 6.40. The van der Waals surface area contributed by atoms with Crippen LogP contribution < -0.4 is 5.32 Å². The third-order valence-electron chi connectivity index (χ3n) is 4.41. The number of aliphatic hydroxyl groups excluding tert-OH is 2. The molecule has 2 aromatic heterocycles. The summed E-state index contributed by atoms with van der Waals surface area (Å²) in [5, 5.41) is 23.4. The van der Waals surface area contributed by atoms with Crippen LogP contribution in [0, 0.1) is 0 Å². The Morgan fingerprint density at radius 1 is 1.12 bits per heavy atom. The van der Waals surface area contributed by atoms with E-state index in [0.29, 0.717) is 23.5 Å². The number of nitrogens with zero attached hydrogens (tertiary/aromatic N) is 4. The van der Waals surface area contributed by atoms with Gasteiger partial charge in [0.05, 0.1) is 12.4 Å². The number of aliphatic hydroxyl groups is 2. The summed E-state index contributed by atoms with van der Waals surface area (Å²) in [6, 6.07) is 9.97. The van der Waals surface area contributed by atoms with E-state index in [0.717, 1.165) is 5.56 Å². The highest BCUT2D eigenvalue weighted by Crippen LogP contribution is 2.31. The average Bonchev–Trinajstić information content (AvgIpc) is 3.18. The maximum Gasteiger partial charge on any atom is 0.167 e. The van der Waals surface area contributed by atoms with Crippen molar-refractivity contribution in [3.63, 3.8) is 0 Å². The lowest BCUT2D eigenvalue weighted by Gasteiger charge is -2.16. The quantitative estimate of drug-likeness (QED) is 0.652. The zero-order chi connectivity index (χ0) is 17.4. The molecule has 25 heavy (non-hydrogen) atoms. The van der Waals surface area contributed by atoms with Crippen LogP contribution in [0.2, 0.25) is 0 Å². The van der Waals surface area contributed by atoms with E-state index >= 15 is 0 Å². The van der Waals surface area contributed by atoms with Crippen LogP contribution in [-0.2, 0) is 11.3 Å². The van der Waals surface area contributed by atoms with Gasteiger partial charge in [-0.05, 0) is 12.5 Å². The molecule has 4 rings (SSSR count). The predicted octanol–water partition coefficient (Wildman–Crippen LogP) is 1.08. The molecule has 3 heterocycles. The minimum atomic E-state index is -1.04. The Kier molecular flexibility index (Phi) is 4.08. The Bertz CT molecular complexity index is 869. The molecular weight excluding hydrogens is 322 g/mol. The van der Waals surface area contributed by atoms with Crippen molar-refractivity contribution < 1.29 is 14.9 Å². The number of anilines is 1. The molecule has 0 aliphatic carbocycles. The summed E-state index contributed by atoms with van der Waals surface area (Å²) in [5.41, 5.74) is 2.25. The van der Waals surface area contributed by atoms with Gasteiger partial charge in [0.15, 0.2) is 23.2 Å². The normalized spacial score (nSPS) is 26.2. The van der Waals surface area contributed by atoms with Crippen molar-refractivity contribution in [3.05, 3.63) is 48.5 Å². The number of nitrogens with one attached hydrogen (secondary N) is 1. The van der Waals surface area contributed by atoms with Crippen LogP contribution in [0.1, 0.15) is 18.7 Å². The lowest BCUT2D eigenvalue weighted by Crippen LogP contribution is -2.30. The first-order valence-corrected chi connectivity index (χ1v) is 8.12. The second-order valence-corrected chi connectivity index (χ2v) is 6.10. The highest BCUT2D eigenvalue weighted by Gasteiger charge is 2.42. The number of imidazole rings is 1. The van der Waals surface area contributed by atoms with Gasteiger partial charge in [0.1, 0.15) is 18.5 Å². The van der Waals surface area contributed by atoms with Crippen LogP contribution >= 0.6 is 0 Å². The summed E-state index contributed by atoms with van der Waals surface area (Å²) < 4.78 is 7.28. The van der Waals surface area contributed by atoms with E-state index in [2.05, 4.69) is 20.3 Å². The van der Waals surface area contributed by atoms with Gasteiger partial charge in [0.25, 0.3) is 0 Å². The Labute approximate surface area is 144 Å². The molecule has 1 aromatic carbocycles. The van der Waals surface area contributed by atoms with Crippen LogP contribution in [0.15, 0.2) is 43.0 Å².